The van der Waals surface area contributed by atoms with Crippen LogP contribution in [-0.2, 0) is 9.84 Å². The van der Waals surface area contributed by atoms with Gasteiger partial charge < -0.3 is 9.47 Å². The third-order valence-corrected chi connectivity index (χ3v) is 5.67. The first-order chi connectivity index (χ1) is 11.9. The summed E-state index contributed by atoms with van der Waals surface area (Å²) in [5.74, 6) is 0.844. The topological polar surface area (TPSA) is 94.6 Å². The molecule has 128 valence electrons. The molecule has 1 aromatic heterocycles. The third-order valence-electron chi connectivity index (χ3n) is 3.63. The largest absolute Gasteiger partial charge is 0.454 e. The minimum absolute atomic E-state index is 0.0928. The SMILES string of the molecule is CS(=O)(=O)c1cccc(C(=O)Nc2nc3cc4c(cc3s2)OCO4)c1. The van der Waals surface area contributed by atoms with Gasteiger partial charge in [-0.05, 0) is 18.2 Å². The van der Waals surface area contributed by atoms with Gasteiger partial charge in [0.15, 0.2) is 26.5 Å². The lowest BCUT2D eigenvalue weighted by Crippen LogP contribution is -2.12. The Morgan fingerprint density at radius 1 is 1.20 bits per heavy atom. The first-order valence-corrected chi connectivity index (χ1v) is 9.92. The second kappa shape index (κ2) is 5.71. The highest BCUT2D eigenvalue weighted by Gasteiger charge is 2.18. The molecule has 0 atom stereocenters. The highest BCUT2D eigenvalue weighted by atomic mass is 32.2. The summed E-state index contributed by atoms with van der Waals surface area (Å²) in [6, 6.07) is 9.44. The number of amides is 1. The van der Waals surface area contributed by atoms with Crippen LogP contribution in [0.2, 0.25) is 0 Å². The van der Waals surface area contributed by atoms with Crippen molar-refractivity contribution in [2.45, 2.75) is 4.90 Å². The van der Waals surface area contributed by atoms with Gasteiger partial charge in [-0.3, -0.25) is 10.1 Å². The summed E-state index contributed by atoms with van der Waals surface area (Å²) in [6.45, 7) is 0.187. The first kappa shape index (κ1) is 15.9. The summed E-state index contributed by atoms with van der Waals surface area (Å²) < 4.78 is 34.7. The molecule has 0 radical (unpaired) electrons. The normalized spacial score (nSPS) is 13.2. The Kier molecular flexibility index (Phi) is 3.62. The van der Waals surface area contributed by atoms with Gasteiger partial charge in [0.05, 0.1) is 15.1 Å². The number of carbonyl (C=O) groups is 1. The van der Waals surface area contributed by atoms with Gasteiger partial charge in [0, 0.05) is 24.0 Å². The lowest BCUT2D eigenvalue weighted by Gasteiger charge is -2.03. The number of nitrogens with one attached hydrogen (secondary N) is 1. The van der Waals surface area contributed by atoms with Crippen molar-refractivity contribution in [3.8, 4) is 11.5 Å². The van der Waals surface area contributed by atoms with E-state index in [4.69, 9.17) is 9.47 Å². The molecule has 1 aliphatic heterocycles. The second-order valence-corrected chi connectivity index (χ2v) is 8.49. The molecule has 25 heavy (non-hydrogen) atoms. The predicted molar refractivity (Wildman–Crippen MR) is 93.2 cm³/mol. The molecule has 0 aliphatic carbocycles. The number of nitrogens with zero attached hydrogens (tertiary/aromatic N) is 1. The smallest absolute Gasteiger partial charge is 0.257 e. The first-order valence-electron chi connectivity index (χ1n) is 7.22. The van der Waals surface area contributed by atoms with Crippen LogP contribution in [0.5, 0.6) is 11.5 Å². The zero-order valence-electron chi connectivity index (χ0n) is 13.0. The Bertz CT molecular complexity index is 1060. The van der Waals surface area contributed by atoms with Crippen molar-refractivity contribution in [1.29, 1.82) is 0 Å². The van der Waals surface area contributed by atoms with Crippen molar-refractivity contribution in [3.63, 3.8) is 0 Å². The summed E-state index contributed by atoms with van der Waals surface area (Å²) in [6.07, 6.45) is 1.10. The quantitative estimate of drug-likeness (QED) is 0.755. The maximum atomic E-state index is 12.4. The molecule has 2 heterocycles. The number of hydrogen-bond donors (Lipinski definition) is 1. The van der Waals surface area contributed by atoms with E-state index < -0.39 is 15.7 Å². The Labute approximate surface area is 147 Å². The summed E-state index contributed by atoms with van der Waals surface area (Å²) in [7, 11) is -3.38. The van der Waals surface area contributed by atoms with Crippen LogP contribution >= 0.6 is 11.3 Å². The molecule has 0 spiro atoms. The Hall–Kier alpha value is -2.65. The van der Waals surface area contributed by atoms with Crippen LogP contribution < -0.4 is 14.8 Å². The van der Waals surface area contributed by atoms with Crippen molar-refractivity contribution in [3.05, 3.63) is 42.0 Å². The number of anilines is 1. The Balaban J connectivity index is 1.62. The van der Waals surface area contributed by atoms with Gasteiger partial charge in [-0.15, -0.1) is 0 Å². The van der Waals surface area contributed by atoms with Gasteiger partial charge >= 0.3 is 0 Å². The van der Waals surface area contributed by atoms with Crippen LogP contribution in [0, 0.1) is 0 Å². The molecule has 9 heteroatoms. The number of ether oxygens (including phenoxy) is 2. The second-order valence-electron chi connectivity index (χ2n) is 5.45. The molecular formula is C16H12N2O5S2. The molecule has 0 saturated heterocycles. The van der Waals surface area contributed by atoms with Gasteiger partial charge in [0.1, 0.15) is 0 Å². The molecule has 1 N–H and O–H groups in total. The Morgan fingerprint density at radius 2 is 1.96 bits per heavy atom. The average molecular weight is 376 g/mol. The molecule has 1 aliphatic rings. The van der Waals surface area contributed by atoms with Gasteiger partial charge in [-0.2, -0.15) is 0 Å². The van der Waals surface area contributed by atoms with Crippen molar-refractivity contribution in [2.24, 2.45) is 0 Å². The van der Waals surface area contributed by atoms with Gasteiger partial charge in [-0.1, -0.05) is 17.4 Å². The van der Waals surface area contributed by atoms with E-state index in [1.54, 1.807) is 12.1 Å². The molecule has 0 unspecified atom stereocenters. The van der Waals surface area contributed by atoms with E-state index in [2.05, 4.69) is 10.3 Å². The molecule has 2 aromatic carbocycles. The van der Waals surface area contributed by atoms with Crippen LogP contribution in [0.3, 0.4) is 0 Å². The molecule has 4 rings (SSSR count). The van der Waals surface area contributed by atoms with Crippen LogP contribution in [0.1, 0.15) is 10.4 Å². The molecule has 3 aromatic rings. The van der Waals surface area contributed by atoms with Crippen LogP contribution in [0.15, 0.2) is 41.3 Å². The predicted octanol–water partition coefficient (Wildman–Crippen LogP) is 2.68. The molecule has 0 bridgehead atoms. The fourth-order valence-corrected chi connectivity index (χ4v) is 3.95. The third kappa shape index (κ3) is 3.03. The number of fused-ring (bicyclic) bond motifs is 2. The highest BCUT2D eigenvalue weighted by molar-refractivity contribution is 7.90. The average Bonchev–Trinajstić information content (AvgIpc) is 3.16. The highest BCUT2D eigenvalue weighted by Crippen LogP contribution is 2.39. The minimum Gasteiger partial charge on any atom is -0.454 e. The number of rotatable bonds is 3. The number of hydrogen-bond acceptors (Lipinski definition) is 7. The summed E-state index contributed by atoms with van der Waals surface area (Å²) in [5, 5.41) is 3.10. The van der Waals surface area contributed by atoms with Crippen molar-refractivity contribution in [1.82, 2.24) is 4.98 Å². The number of aromatic nitrogens is 1. The van der Waals surface area contributed by atoms with Crippen LogP contribution in [0.4, 0.5) is 5.13 Å². The summed E-state index contributed by atoms with van der Waals surface area (Å²) in [5.41, 5.74) is 0.936. The lowest BCUT2D eigenvalue weighted by molar-refractivity contribution is 0.102. The van der Waals surface area contributed by atoms with E-state index in [0.29, 0.717) is 22.1 Å². The molecule has 0 saturated carbocycles. The maximum Gasteiger partial charge on any atom is 0.257 e. The van der Waals surface area contributed by atoms with Gasteiger partial charge in [-0.25, -0.2) is 13.4 Å². The Morgan fingerprint density at radius 3 is 2.72 bits per heavy atom. The fraction of sp³-hybridized carbons (Fsp3) is 0.125. The van der Waals surface area contributed by atoms with E-state index in [1.165, 1.54) is 29.5 Å². The van der Waals surface area contributed by atoms with Gasteiger partial charge in [0.25, 0.3) is 5.91 Å². The molecule has 0 fully saturated rings. The van der Waals surface area contributed by atoms with E-state index in [-0.39, 0.29) is 17.3 Å². The zero-order valence-corrected chi connectivity index (χ0v) is 14.6. The van der Waals surface area contributed by atoms with E-state index in [1.807, 2.05) is 6.07 Å². The van der Waals surface area contributed by atoms with E-state index >= 15 is 0 Å². The molecule has 1 amide bonds. The number of benzene rings is 2. The van der Waals surface area contributed by atoms with E-state index in [0.717, 1.165) is 11.0 Å². The lowest BCUT2D eigenvalue weighted by atomic mass is 10.2. The van der Waals surface area contributed by atoms with Crippen molar-refractivity contribution in [2.75, 3.05) is 18.4 Å². The van der Waals surface area contributed by atoms with E-state index in [9.17, 15) is 13.2 Å². The fourth-order valence-electron chi connectivity index (χ4n) is 2.41. The molecular weight excluding hydrogens is 364 g/mol. The summed E-state index contributed by atoms with van der Waals surface area (Å²) in [4.78, 5) is 16.8. The standard InChI is InChI=1S/C16H12N2O5S2/c1-25(20,21)10-4-2-3-9(5-10)15(19)18-16-17-11-6-12-13(23-8-22-12)7-14(11)24-16/h2-7H,8H2,1H3,(H,17,18,19). The zero-order chi connectivity index (χ0) is 17.6. The number of carbonyl (C=O) groups excluding carboxylic acids is 1. The maximum absolute atomic E-state index is 12.4. The minimum atomic E-state index is -3.38. The number of sulfone groups is 1. The summed E-state index contributed by atoms with van der Waals surface area (Å²) >= 11 is 1.30. The monoisotopic (exact) mass is 376 g/mol. The van der Waals surface area contributed by atoms with Crippen molar-refractivity contribution < 1.29 is 22.7 Å². The van der Waals surface area contributed by atoms with Crippen LogP contribution in [0.25, 0.3) is 10.2 Å². The van der Waals surface area contributed by atoms with Crippen molar-refractivity contribution >= 4 is 42.4 Å². The van der Waals surface area contributed by atoms with Gasteiger partial charge in [0.2, 0.25) is 6.79 Å². The number of thiazole rings is 1. The van der Waals surface area contributed by atoms with Crippen LogP contribution in [-0.4, -0.2) is 32.4 Å². The molecule has 7 nitrogen and oxygen atoms in total.